The monoisotopic (exact) mass is 328 g/mol. The first-order chi connectivity index (χ1) is 11.6. The summed E-state index contributed by atoms with van der Waals surface area (Å²) in [5.41, 5.74) is -0.724. The van der Waals surface area contributed by atoms with Gasteiger partial charge in [0, 0.05) is 25.3 Å². The van der Waals surface area contributed by atoms with Gasteiger partial charge in [0.15, 0.2) is 5.82 Å². The van der Waals surface area contributed by atoms with Gasteiger partial charge in [0.1, 0.15) is 5.54 Å². The van der Waals surface area contributed by atoms with Crippen molar-refractivity contribution in [3.05, 3.63) is 18.3 Å². The minimum Gasteiger partial charge on any atom is -0.351 e. The quantitative estimate of drug-likeness (QED) is 0.770. The lowest BCUT2D eigenvalue weighted by molar-refractivity contribution is -0.121. The SMILES string of the molecule is C[C@@](C#N)(NC(=O)CNC[C@@H]1CCCN1c1cccnn1)C1CC1. The Morgan fingerprint density at radius 2 is 2.33 bits per heavy atom. The first-order valence-electron chi connectivity index (χ1n) is 8.60. The second-order valence-electron chi connectivity index (χ2n) is 6.84. The van der Waals surface area contributed by atoms with E-state index in [-0.39, 0.29) is 12.5 Å². The lowest BCUT2D eigenvalue weighted by Gasteiger charge is -2.26. The van der Waals surface area contributed by atoms with Crippen molar-refractivity contribution in [3.63, 3.8) is 0 Å². The van der Waals surface area contributed by atoms with E-state index < -0.39 is 5.54 Å². The zero-order valence-electron chi connectivity index (χ0n) is 14.0. The molecule has 7 heteroatoms. The second kappa shape index (κ2) is 7.14. The minimum absolute atomic E-state index is 0.116. The van der Waals surface area contributed by atoms with Gasteiger partial charge < -0.3 is 15.5 Å². The Morgan fingerprint density at radius 1 is 1.50 bits per heavy atom. The summed E-state index contributed by atoms with van der Waals surface area (Å²) in [7, 11) is 0. The van der Waals surface area contributed by atoms with Crippen LogP contribution in [0.25, 0.3) is 0 Å². The van der Waals surface area contributed by atoms with Crippen molar-refractivity contribution in [2.75, 3.05) is 24.5 Å². The maximum Gasteiger partial charge on any atom is 0.235 e. The number of anilines is 1. The van der Waals surface area contributed by atoms with Gasteiger partial charge in [0.25, 0.3) is 0 Å². The number of amides is 1. The fourth-order valence-corrected chi connectivity index (χ4v) is 3.36. The highest BCUT2D eigenvalue weighted by atomic mass is 16.2. The van der Waals surface area contributed by atoms with E-state index in [1.54, 1.807) is 6.20 Å². The Labute approximate surface area is 142 Å². The number of aromatic nitrogens is 2. The predicted molar refractivity (Wildman–Crippen MR) is 90.2 cm³/mol. The van der Waals surface area contributed by atoms with Crippen molar-refractivity contribution < 1.29 is 4.79 Å². The first kappa shape index (κ1) is 16.7. The predicted octanol–water partition coefficient (Wildman–Crippen LogP) is 0.843. The van der Waals surface area contributed by atoms with E-state index in [4.69, 9.17) is 0 Å². The fourth-order valence-electron chi connectivity index (χ4n) is 3.36. The van der Waals surface area contributed by atoms with Crippen molar-refractivity contribution in [2.24, 2.45) is 5.92 Å². The summed E-state index contributed by atoms with van der Waals surface area (Å²) in [5, 5.41) is 23.5. The number of carbonyl (C=O) groups excluding carboxylic acids is 1. The standard InChI is InChI=1S/C17H24N6O/c1-17(12-18,13-6-7-13)21-16(24)11-19-10-14-4-3-9-23(14)15-5-2-8-20-22-15/h2,5,8,13-14,19H,3-4,6-7,9-11H2,1H3,(H,21,24)/t14-,17-/m0/s1. The number of carbonyl (C=O) groups is 1. The smallest absolute Gasteiger partial charge is 0.235 e. The minimum atomic E-state index is -0.724. The Hall–Kier alpha value is -2.20. The van der Waals surface area contributed by atoms with E-state index in [2.05, 4.69) is 31.8 Å². The van der Waals surface area contributed by atoms with Crippen molar-refractivity contribution in [2.45, 2.75) is 44.2 Å². The molecule has 2 N–H and O–H groups in total. The molecule has 2 aliphatic rings. The highest BCUT2D eigenvalue weighted by Crippen LogP contribution is 2.39. The average molecular weight is 328 g/mol. The van der Waals surface area contributed by atoms with E-state index >= 15 is 0 Å². The molecule has 0 spiro atoms. The van der Waals surface area contributed by atoms with Gasteiger partial charge in [-0.25, -0.2) is 0 Å². The van der Waals surface area contributed by atoms with Crippen LogP contribution in [0.5, 0.6) is 0 Å². The van der Waals surface area contributed by atoms with Gasteiger partial charge in [0.2, 0.25) is 5.91 Å². The Balaban J connectivity index is 1.46. The lowest BCUT2D eigenvalue weighted by Crippen LogP contribution is -2.50. The van der Waals surface area contributed by atoms with Crippen molar-refractivity contribution in [1.29, 1.82) is 5.26 Å². The van der Waals surface area contributed by atoms with Crippen LogP contribution in [0.2, 0.25) is 0 Å². The van der Waals surface area contributed by atoms with Crippen LogP contribution in [0.3, 0.4) is 0 Å². The molecule has 2 atom stereocenters. The summed E-state index contributed by atoms with van der Waals surface area (Å²) in [4.78, 5) is 14.4. The molecule has 128 valence electrons. The summed E-state index contributed by atoms with van der Waals surface area (Å²) in [6.07, 6.45) is 5.90. The molecule has 0 aromatic carbocycles. The number of hydrogen-bond donors (Lipinski definition) is 2. The number of nitrogens with zero attached hydrogens (tertiary/aromatic N) is 4. The van der Waals surface area contributed by atoms with Crippen LogP contribution in [0, 0.1) is 17.2 Å². The van der Waals surface area contributed by atoms with Crippen LogP contribution in [-0.4, -0.2) is 47.3 Å². The lowest BCUT2D eigenvalue weighted by atomic mass is 9.98. The normalized spacial score (nSPS) is 22.7. The molecule has 2 fully saturated rings. The highest BCUT2D eigenvalue weighted by molar-refractivity contribution is 5.79. The molecular formula is C17H24N6O. The summed E-state index contributed by atoms with van der Waals surface area (Å²) >= 11 is 0. The molecule has 1 aromatic rings. The van der Waals surface area contributed by atoms with E-state index in [1.165, 1.54) is 0 Å². The van der Waals surface area contributed by atoms with Gasteiger partial charge >= 0.3 is 0 Å². The highest BCUT2D eigenvalue weighted by Gasteiger charge is 2.42. The molecule has 1 aliphatic carbocycles. The third-order valence-corrected chi connectivity index (χ3v) is 4.92. The molecule has 2 heterocycles. The molecule has 3 rings (SSSR count). The molecule has 0 unspecified atom stereocenters. The maximum atomic E-state index is 12.1. The van der Waals surface area contributed by atoms with Crippen molar-refractivity contribution in [1.82, 2.24) is 20.8 Å². The fraction of sp³-hybridized carbons (Fsp3) is 0.647. The molecule has 1 saturated carbocycles. The van der Waals surface area contributed by atoms with E-state index in [9.17, 15) is 10.1 Å². The van der Waals surface area contributed by atoms with Crippen molar-refractivity contribution in [3.8, 4) is 6.07 Å². The Bertz CT molecular complexity index is 611. The molecule has 1 amide bonds. The summed E-state index contributed by atoms with van der Waals surface area (Å²) < 4.78 is 0. The van der Waals surface area contributed by atoms with Gasteiger partial charge in [0.05, 0.1) is 12.6 Å². The van der Waals surface area contributed by atoms with Crippen LogP contribution in [0.15, 0.2) is 18.3 Å². The Morgan fingerprint density at radius 3 is 3.00 bits per heavy atom. The van der Waals surface area contributed by atoms with Crippen LogP contribution >= 0.6 is 0 Å². The molecule has 1 aromatic heterocycles. The summed E-state index contributed by atoms with van der Waals surface area (Å²) in [5.74, 6) is 1.07. The van der Waals surface area contributed by atoms with E-state index in [0.717, 1.165) is 44.6 Å². The molecule has 0 radical (unpaired) electrons. The van der Waals surface area contributed by atoms with Gasteiger partial charge in [-0.3, -0.25) is 4.79 Å². The van der Waals surface area contributed by atoms with Crippen LogP contribution in [-0.2, 0) is 4.79 Å². The molecule has 1 saturated heterocycles. The van der Waals surface area contributed by atoms with Gasteiger partial charge in [-0.2, -0.15) is 10.4 Å². The zero-order valence-corrected chi connectivity index (χ0v) is 14.0. The van der Waals surface area contributed by atoms with Gasteiger partial charge in [-0.05, 0) is 50.7 Å². The third-order valence-electron chi connectivity index (χ3n) is 4.92. The van der Waals surface area contributed by atoms with Crippen LogP contribution < -0.4 is 15.5 Å². The molecule has 1 aliphatic heterocycles. The number of nitrogens with one attached hydrogen (secondary N) is 2. The molecule has 24 heavy (non-hydrogen) atoms. The molecular weight excluding hydrogens is 304 g/mol. The zero-order chi connectivity index (χ0) is 17.0. The number of rotatable bonds is 7. The van der Waals surface area contributed by atoms with E-state index in [0.29, 0.717) is 12.0 Å². The van der Waals surface area contributed by atoms with Crippen LogP contribution in [0.4, 0.5) is 5.82 Å². The summed E-state index contributed by atoms with van der Waals surface area (Å²) in [6.45, 7) is 3.73. The Kier molecular flexibility index (Phi) is 4.95. The van der Waals surface area contributed by atoms with Crippen molar-refractivity contribution >= 4 is 11.7 Å². The molecule has 0 bridgehead atoms. The number of hydrogen-bond acceptors (Lipinski definition) is 6. The topological polar surface area (TPSA) is 93.9 Å². The van der Waals surface area contributed by atoms with Gasteiger partial charge in [-0.15, -0.1) is 5.10 Å². The van der Waals surface area contributed by atoms with E-state index in [1.807, 2.05) is 19.1 Å². The van der Waals surface area contributed by atoms with Gasteiger partial charge in [-0.1, -0.05) is 0 Å². The maximum absolute atomic E-state index is 12.1. The second-order valence-corrected chi connectivity index (χ2v) is 6.84. The first-order valence-corrected chi connectivity index (χ1v) is 8.60. The molecule has 7 nitrogen and oxygen atoms in total. The number of nitriles is 1. The largest absolute Gasteiger partial charge is 0.351 e. The summed E-state index contributed by atoms with van der Waals surface area (Å²) in [6, 6.07) is 6.42. The third kappa shape index (κ3) is 3.82. The van der Waals surface area contributed by atoms with Crippen LogP contribution in [0.1, 0.15) is 32.6 Å². The average Bonchev–Trinajstić information content (AvgIpc) is 3.36.